The Labute approximate surface area is 105 Å². The monoisotopic (exact) mass is 238 g/mol. The van der Waals surface area contributed by atoms with Crippen molar-refractivity contribution in [3.63, 3.8) is 0 Å². The van der Waals surface area contributed by atoms with Gasteiger partial charge in [0.1, 0.15) is 5.78 Å². The minimum atomic E-state index is -0.299. The van der Waals surface area contributed by atoms with Crippen molar-refractivity contribution in [2.75, 3.05) is 0 Å². The summed E-state index contributed by atoms with van der Waals surface area (Å²) in [7, 11) is 0. The number of Topliss-reactive ketones (excluding diaryl/α,β-unsaturated/α-hetero) is 1. The van der Waals surface area contributed by atoms with Crippen LogP contribution in [0.5, 0.6) is 0 Å². The smallest absolute Gasteiger partial charge is 0.144 e. The van der Waals surface area contributed by atoms with Crippen LogP contribution in [0.15, 0.2) is 0 Å². The molecule has 1 saturated heterocycles. The van der Waals surface area contributed by atoms with Crippen LogP contribution in [0.2, 0.25) is 0 Å². The van der Waals surface area contributed by atoms with E-state index in [-0.39, 0.29) is 22.5 Å². The Balaban J connectivity index is 2.20. The van der Waals surface area contributed by atoms with Gasteiger partial charge in [-0.25, -0.2) is 0 Å². The highest BCUT2D eigenvalue weighted by molar-refractivity contribution is 5.88. The molecular weight excluding hydrogens is 212 g/mol. The normalized spacial score (nSPS) is 33.8. The molecule has 2 heteroatoms. The van der Waals surface area contributed by atoms with Crippen LogP contribution in [0.25, 0.3) is 0 Å². The van der Waals surface area contributed by atoms with E-state index in [2.05, 4.69) is 34.6 Å². The van der Waals surface area contributed by atoms with Gasteiger partial charge in [-0.1, -0.05) is 19.8 Å². The second kappa shape index (κ2) is 3.81. The first kappa shape index (κ1) is 13.1. The van der Waals surface area contributed by atoms with Crippen LogP contribution in [-0.4, -0.2) is 17.0 Å². The zero-order chi connectivity index (χ0) is 12.9. The highest BCUT2D eigenvalue weighted by atomic mass is 16.5. The molecule has 0 aromatic heterocycles. The highest BCUT2D eigenvalue weighted by Crippen LogP contribution is 2.48. The summed E-state index contributed by atoms with van der Waals surface area (Å²) in [6.07, 6.45) is 5.42. The zero-order valence-corrected chi connectivity index (χ0v) is 11.9. The average molecular weight is 238 g/mol. The van der Waals surface area contributed by atoms with Gasteiger partial charge in [0.2, 0.25) is 0 Å². The molecule has 1 heterocycles. The number of ether oxygens (including phenoxy) is 1. The van der Waals surface area contributed by atoms with Gasteiger partial charge in [0.05, 0.1) is 11.2 Å². The van der Waals surface area contributed by atoms with Crippen LogP contribution in [0.4, 0.5) is 0 Å². The summed E-state index contributed by atoms with van der Waals surface area (Å²) in [6.45, 7) is 10.5. The van der Waals surface area contributed by atoms with Crippen LogP contribution < -0.4 is 0 Å². The van der Waals surface area contributed by atoms with E-state index in [0.717, 1.165) is 19.3 Å². The molecule has 0 amide bonds. The van der Waals surface area contributed by atoms with Gasteiger partial charge in [-0.05, 0) is 47.0 Å². The van der Waals surface area contributed by atoms with Crippen molar-refractivity contribution in [1.29, 1.82) is 0 Å². The molecule has 0 aromatic rings. The summed E-state index contributed by atoms with van der Waals surface area (Å²) in [5.41, 5.74) is -0.531. The van der Waals surface area contributed by atoms with Crippen LogP contribution in [0, 0.1) is 11.3 Å². The molecule has 0 spiro atoms. The molecule has 1 atom stereocenters. The standard InChI is InChI=1S/C15H26O2/c1-13(2)10-11(14(3,4)17-13)12(16)15(5)8-6-7-9-15/h11H,6-10H2,1-5H3. The fourth-order valence-electron chi connectivity index (χ4n) is 3.79. The van der Waals surface area contributed by atoms with Crippen LogP contribution in [0.3, 0.4) is 0 Å². The van der Waals surface area contributed by atoms with E-state index in [4.69, 9.17) is 4.74 Å². The van der Waals surface area contributed by atoms with Crippen molar-refractivity contribution in [3.05, 3.63) is 0 Å². The molecule has 1 unspecified atom stereocenters. The largest absolute Gasteiger partial charge is 0.369 e. The maximum Gasteiger partial charge on any atom is 0.144 e. The van der Waals surface area contributed by atoms with Gasteiger partial charge in [-0.2, -0.15) is 0 Å². The second-order valence-electron chi connectivity index (χ2n) is 7.35. The topological polar surface area (TPSA) is 26.3 Å². The summed E-state index contributed by atoms with van der Waals surface area (Å²) >= 11 is 0. The maximum absolute atomic E-state index is 12.8. The average Bonchev–Trinajstić information content (AvgIpc) is 2.67. The van der Waals surface area contributed by atoms with E-state index in [9.17, 15) is 4.79 Å². The maximum atomic E-state index is 12.8. The second-order valence-corrected chi connectivity index (χ2v) is 7.35. The fourth-order valence-corrected chi connectivity index (χ4v) is 3.79. The van der Waals surface area contributed by atoms with Crippen LogP contribution in [-0.2, 0) is 9.53 Å². The zero-order valence-electron chi connectivity index (χ0n) is 11.9. The number of rotatable bonds is 2. The molecular formula is C15H26O2. The van der Waals surface area contributed by atoms with Crippen molar-refractivity contribution in [1.82, 2.24) is 0 Å². The molecule has 17 heavy (non-hydrogen) atoms. The van der Waals surface area contributed by atoms with Crippen molar-refractivity contribution >= 4 is 5.78 Å². The molecule has 98 valence electrons. The molecule has 2 nitrogen and oxygen atoms in total. The summed E-state index contributed by atoms with van der Waals surface area (Å²) in [6, 6.07) is 0. The molecule has 0 aromatic carbocycles. The number of ketones is 1. The van der Waals surface area contributed by atoms with Gasteiger partial charge in [0.15, 0.2) is 0 Å². The predicted octanol–water partition coefficient (Wildman–Crippen LogP) is 3.73. The number of hydrogen-bond acceptors (Lipinski definition) is 2. The lowest BCUT2D eigenvalue weighted by molar-refractivity contribution is -0.138. The Kier molecular flexibility index (Phi) is 2.93. The first-order valence-electron chi connectivity index (χ1n) is 6.91. The van der Waals surface area contributed by atoms with Crippen molar-refractivity contribution in [2.45, 2.75) is 77.9 Å². The highest BCUT2D eigenvalue weighted by Gasteiger charge is 2.53. The van der Waals surface area contributed by atoms with Crippen molar-refractivity contribution in [3.8, 4) is 0 Å². The third-order valence-corrected chi connectivity index (χ3v) is 4.69. The predicted molar refractivity (Wildman–Crippen MR) is 68.9 cm³/mol. The Bertz CT molecular complexity index is 322. The molecule has 2 fully saturated rings. The van der Waals surface area contributed by atoms with Crippen LogP contribution in [0.1, 0.15) is 66.7 Å². The lowest BCUT2D eigenvalue weighted by atomic mass is 9.72. The number of hydrogen-bond donors (Lipinski definition) is 0. The SMILES string of the molecule is CC1(C)CC(C(=O)C2(C)CCCC2)C(C)(C)O1. The molecule has 0 radical (unpaired) electrons. The van der Waals surface area contributed by atoms with Gasteiger partial charge >= 0.3 is 0 Å². The fraction of sp³-hybridized carbons (Fsp3) is 0.933. The molecule has 0 N–H and O–H groups in total. The molecule has 0 bridgehead atoms. The summed E-state index contributed by atoms with van der Waals surface area (Å²) in [5.74, 6) is 0.520. The van der Waals surface area contributed by atoms with E-state index in [1.54, 1.807) is 0 Å². The van der Waals surface area contributed by atoms with Gasteiger partial charge in [-0.15, -0.1) is 0 Å². The lowest BCUT2D eigenvalue weighted by Gasteiger charge is -2.32. The first-order chi connectivity index (χ1) is 7.66. The van der Waals surface area contributed by atoms with Crippen LogP contribution >= 0.6 is 0 Å². The van der Waals surface area contributed by atoms with Gasteiger partial charge < -0.3 is 4.74 Å². The Morgan fingerprint density at radius 1 is 1.06 bits per heavy atom. The van der Waals surface area contributed by atoms with E-state index in [0.29, 0.717) is 5.78 Å². The minimum absolute atomic E-state index is 0.0700. The molecule has 1 aliphatic carbocycles. The molecule has 2 aliphatic rings. The van der Waals surface area contributed by atoms with E-state index < -0.39 is 0 Å². The quantitative estimate of drug-likeness (QED) is 0.732. The third kappa shape index (κ3) is 2.29. The van der Waals surface area contributed by atoms with E-state index in [1.165, 1.54) is 12.8 Å². The van der Waals surface area contributed by atoms with Gasteiger partial charge in [0, 0.05) is 11.3 Å². The van der Waals surface area contributed by atoms with E-state index >= 15 is 0 Å². The summed E-state index contributed by atoms with van der Waals surface area (Å²) in [5, 5.41) is 0. The Hall–Kier alpha value is -0.370. The van der Waals surface area contributed by atoms with Gasteiger partial charge in [-0.3, -0.25) is 4.79 Å². The first-order valence-corrected chi connectivity index (χ1v) is 6.91. The van der Waals surface area contributed by atoms with Crippen molar-refractivity contribution in [2.24, 2.45) is 11.3 Å². The van der Waals surface area contributed by atoms with Gasteiger partial charge in [0.25, 0.3) is 0 Å². The summed E-state index contributed by atoms with van der Waals surface area (Å²) < 4.78 is 6.05. The lowest BCUT2D eigenvalue weighted by Crippen LogP contribution is -2.40. The minimum Gasteiger partial charge on any atom is -0.369 e. The Morgan fingerprint density at radius 2 is 1.59 bits per heavy atom. The van der Waals surface area contributed by atoms with Crippen molar-refractivity contribution < 1.29 is 9.53 Å². The van der Waals surface area contributed by atoms with E-state index in [1.807, 2.05) is 0 Å². The molecule has 1 aliphatic heterocycles. The molecule has 2 rings (SSSR count). The molecule has 1 saturated carbocycles. The summed E-state index contributed by atoms with van der Waals surface area (Å²) in [4.78, 5) is 12.8. The number of carbonyl (C=O) groups is 1. The third-order valence-electron chi connectivity index (χ3n) is 4.69. The number of carbonyl (C=O) groups excluding carboxylic acids is 1. The Morgan fingerprint density at radius 3 is 2.00 bits per heavy atom.